The van der Waals surface area contributed by atoms with Gasteiger partial charge < -0.3 is 5.11 Å². The van der Waals surface area contributed by atoms with Crippen LogP contribution in [0.2, 0.25) is 0 Å². The summed E-state index contributed by atoms with van der Waals surface area (Å²) < 4.78 is 26.5. The maximum absolute atomic E-state index is 12.1. The summed E-state index contributed by atoms with van der Waals surface area (Å²) in [5.41, 5.74) is -0.883. The number of aliphatic carboxylic acids is 1. The van der Waals surface area contributed by atoms with E-state index in [1.807, 2.05) is 6.92 Å². The quantitative estimate of drug-likeness (QED) is 0.860. The van der Waals surface area contributed by atoms with Crippen molar-refractivity contribution in [3.8, 4) is 0 Å². The third kappa shape index (κ3) is 2.43. The molecule has 1 aromatic rings. The molecule has 1 aliphatic carbocycles. The Morgan fingerprint density at radius 2 is 2.11 bits per heavy atom. The number of carboxylic acids is 1. The van der Waals surface area contributed by atoms with Gasteiger partial charge in [-0.25, -0.2) is 13.1 Å². The van der Waals surface area contributed by atoms with Crippen LogP contribution in [0.3, 0.4) is 0 Å². The van der Waals surface area contributed by atoms with Crippen molar-refractivity contribution in [1.82, 2.24) is 4.72 Å². The van der Waals surface area contributed by atoms with E-state index in [1.165, 1.54) is 11.3 Å². The van der Waals surface area contributed by atoms with E-state index < -0.39 is 21.4 Å². The third-order valence-electron chi connectivity index (χ3n) is 3.19. The van der Waals surface area contributed by atoms with E-state index in [9.17, 15) is 13.2 Å². The van der Waals surface area contributed by atoms with Crippen molar-refractivity contribution in [2.45, 2.75) is 31.6 Å². The molecule has 0 atom stereocenters. The summed E-state index contributed by atoms with van der Waals surface area (Å²) in [6.07, 6.45) is 1.07. The number of carboxylic acid groups (broad SMARTS) is 1. The molecule has 0 saturated heterocycles. The van der Waals surface area contributed by atoms with E-state index in [0.717, 1.165) is 9.75 Å². The highest BCUT2D eigenvalue weighted by atomic mass is 32.2. The molecule has 0 unspecified atom stereocenters. The molecule has 7 heteroatoms. The molecule has 1 aliphatic rings. The lowest BCUT2D eigenvalue weighted by atomic mass is 10.1. The number of thiophene rings is 1. The minimum atomic E-state index is -3.60. The zero-order valence-corrected chi connectivity index (χ0v) is 11.8. The number of rotatable bonds is 5. The van der Waals surface area contributed by atoms with Crippen molar-refractivity contribution in [2.24, 2.45) is 5.41 Å². The van der Waals surface area contributed by atoms with Crippen molar-refractivity contribution >= 4 is 27.3 Å². The van der Waals surface area contributed by atoms with Gasteiger partial charge in [0.15, 0.2) is 0 Å². The number of hydrogen-bond donors (Lipinski definition) is 2. The maximum atomic E-state index is 12.1. The minimum Gasteiger partial charge on any atom is -0.481 e. The SMILES string of the molecule is Cc1cc(S(=O)(=O)NCC2(C(=O)O)CC2)c(C)s1. The third-order valence-corrected chi connectivity index (χ3v) is 5.82. The molecule has 0 radical (unpaired) electrons. The second-order valence-electron chi connectivity index (χ2n) is 4.69. The van der Waals surface area contributed by atoms with Crippen LogP contribution in [0.25, 0.3) is 0 Å². The second kappa shape index (κ2) is 4.32. The van der Waals surface area contributed by atoms with Gasteiger partial charge in [0.25, 0.3) is 0 Å². The van der Waals surface area contributed by atoms with Gasteiger partial charge in [0.2, 0.25) is 10.0 Å². The monoisotopic (exact) mass is 289 g/mol. The van der Waals surface area contributed by atoms with Crippen molar-refractivity contribution in [3.63, 3.8) is 0 Å². The van der Waals surface area contributed by atoms with Gasteiger partial charge in [0, 0.05) is 16.3 Å². The molecular weight excluding hydrogens is 274 g/mol. The largest absolute Gasteiger partial charge is 0.481 e. The molecule has 18 heavy (non-hydrogen) atoms. The van der Waals surface area contributed by atoms with Gasteiger partial charge >= 0.3 is 5.97 Å². The van der Waals surface area contributed by atoms with Crippen molar-refractivity contribution < 1.29 is 18.3 Å². The maximum Gasteiger partial charge on any atom is 0.310 e. The summed E-state index contributed by atoms with van der Waals surface area (Å²) in [4.78, 5) is 12.9. The number of aryl methyl sites for hydroxylation is 2. The van der Waals surface area contributed by atoms with Gasteiger partial charge in [0.05, 0.1) is 10.3 Å². The summed E-state index contributed by atoms with van der Waals surface area (Å²) in [7, 11) is -3.60. The smallest absolute Gasteiger partial charge is 0.310 e. The number of carbonyl (C=O) groups is 1. The molecular formula is C11H15NO4S2. The molecule has 100 valence electrons. The van der Waals surface area contributed by atoms with Crippen LogP contribution in [0, 0.1) is 19.3 Å². The summed E-state index contributed by atoms with van der Waals surface area (Å²) >= 11 is 1.42. The second-order valence-corrected chi connectivity index (χ2v) is 7.88. The Kier molecular flexibility index (Phi) is 3.25. The highest BCUT2D eigenvalue weighted by molar-refractivity contribution is 7.89. The summed E-state index contributed by atoms with van der Waals surface area (Å²) in [5.74, 6) is -0.927. The first-order chi connectivity index (χ1) is 8.27. The molecule has 0 aliphatic heterocycles. The molecule has 0 aromatic carbocycles. The number of hydrogen-bond acceptors (Lipinski definition) is 4. The minimum absolute atomic E-state index is 0.0288. The summed E-state index contributed by atoms with van der Waals surface area (Å²) in [5, 5.41) is 9.00. The van der Waals surface area contributed by atoms with Crippen LogP contribution in [-0.2, 0) is 14.8 Å². The molecule has 0 amide bonds. The highest BCUT2D eigenvalue weighted by Gasteiger charge is 2.50. The van der Waals surface area contributed by atoms with Crippen LogP contribution in [0.4, 0.5) is 0 Å². The molecule has 0 bridgehead atoms. The fraction of sp³-hybridized carbons (Fsp3) is 0.545. The predicted octanol–water partition coefficient (Wildman–Crippen LogP) is 1.51. The van der Waals surface area contributed by atoms with Crippen LogP contribution in [0.15, 0.2) is 11.0 Å². The van der Waals surface area contributed by atoms with Gasteiger partial charge in [0.1, 0.15) is 0 Å². The van der Waals surface area contributed by atoms with Crippen molar-refractivity contribution in [2.75, 3.05) is 6.54 Å². The van der Waals surface area contributed by atoms with Crippen LogP contribution < -0.4 is 4.72 Å². The molecule has 2 rings (SSSR count). The lowest BCUT2D eigenvalue weighted by Gasteiger charge is -2.11. The van der Waals surface area contributed by atoms with Gasteiger partial charge in [-0.3, -0.25) is 4.79 Å². The Labute approximate surface area is 110 Å². The molecule has 1 saturated carbocycles. The molecule has 1 fully saturated rings. The van der Waals surface area contributed by atoms with E-state index in [0.29, 0.717) is 12.8 Å². The Morgan fingerprint density at radius 1 is 1.50 bits per heavy atom. The summed E-state index contributed by atoms with van der Waals surface area (Å²) in [6, 6.07) is 1.61. The highest BCUT2D eigenvalue weighted by Crippen LogP contribution is 2.45. The fourth-order valence-electron chi connectivity index (χ4n) is 1.80. The first kappa shape index (κ1) is 13.5. The van der Waals surface area contributed by atoms with Crippen molar-refractivity contribution in [3.05, 3.63) is 15.8 Å². The topological polar surface area (TPSA) is 83.5 Å². The van der Waals surface area contributed by atoms with Crippen LogP contribution >= 0.6 is 11.3 Å². The molecule has 2 N–H and O–H groups in total. The Bertz CT molecular complexity index is 584. The Hall–Kier alpha value is -0.920. The molecule has 1 aromatic heterocycles. The zero-order valence-electron chi connectivity index (χ0n) is 10.2. The normalized spacial score (nSPS) is 17.7. The standard InChI is InChI=1S/C11H15NO4S2/c1-7-5-9(8(2)17-7)18(15,16)12-6-11(3-4-11)10(13)14/h5,12H,3-4,6H2,1-2H3,(H,13,14). The first-order valence-corrected chi connectivity index (χ1v) is 7.87. The van der Waals surface area contributed by atoms with E-state index in [4.69, 9.17) is 5.11 Å². The van der Waals surface area contributed by atoms with Crippen LogP contribution in [-0.4, -0.2) is 26.0 Å². The van der Waals surface area contributed by atoms with Gasteiger partial charge in [-0.1, -0.05) is 0 Å². The first-order valence-electron chi connectivity index (χ1n) is 5.57. The average Bonchev–Trinajstić information content (AvgIpc) is 2.97. The van der Waals surface area contributed by atoms with E-state index in [2.05, 4.69) is 4.72 Å². The van der Waals surface area contributed by atoms with E-state index >= 15 is 0 Å². The average molecular weight is 289 g/mol. The van der Waals surface area contributed by atoms with Crippen LogP contribution in [0.5, 0.6) is 0 Å². The number of sulfonamides is 1. The Balaban J connectivity index is 2.14. The fourth-order valence-corrected chi connectivity index (χ4v) is 4.48. The molecule has 5 nitrogen and oxygen atoms in total. The van der Waals surface area contributed by atoms with Crippen molar-refractivity contribution in [1.29, 1.82) is 0 Å². The molecule has 1 heterocycles. The number of nitrogens with one attached hydrogen (secondary N) is 1. The Morgan fingerprint density at radius 3 is 2.50 bits per heavy atom. The lowest BCUT2D eigenvalue weighted by Crippen LogP contribution is -2.34. The van der Waals surface area contributed by atoms with E-state index in [-0.39, 0.29) is 11.4 Å². The van der Waals surface area contributed by atoms with E-state index in [1.54, 1.807) is 13.0 Å². The lowest BCUT2D eigenvalue weighted by molar-refractivity contribution is -0.143. The summed E-state index contributed by atoms with van der Waals surface area (Å²) in [6.45, 7) is 3.56. The zero-order chi connectivity index (χ0) is 13.6. The van der Waals surface area contributed by atoms with Gasteiger partial charge in [-0.15, -0.1) is 11.3 Å². The van der Waals surface area contributed by atoms with Crippen LogP contribution in [0.1, 0.15) is 22.6 Å². The molecule has 0 spiro atoms. The predicted molar refractivity (Wildman–Crippen MR) is 68.3 cm³/mol. The van der Waals surface area contributed by atoms with Gasteiger partial charge in [-0.2, -0.15) is 0 Å². The van der Waals surface area contributed by atoms with Gasteiger partial charge in [-0.05, 0) is 32.8 Å².